The number of hydrogen-bond donors (Lipinski definition) is 1. The summed E-state index contributed by atoms with van der Waals surface area (Å²) in [4.78, 5) is 0. The van der Waals surface area contributed by atoms with E-state index in [9.17, 15) is 5.11 Å². The van der Waals surface area contributed by atoms with E-state index < -0.39 is 0 Å². The molecule has 1 aromatic rings. The van der Waals surface area contributed by atoms with Crippen LogP contribution in [-0.4, -0.2) is 11.2 Å². The van der Waals surface area contributed by atoms with E-state index in [1.165, 1.54) is 29.6 Å². The lowest BCUT2D eigenvalue weighted by molar-refractivity contribution is 0.168. The molecule has 0 amide bonds. The van der Waals surface area contributed by atoms with E-state index in [2.05, 4.69) is 32.9 Å². The summed E-state index contributed by atoms with van der Waals surface area (Å²) >= 11 is 0. The Labute approximate surface area is 111 Å². The lowest BCUT2D eigenvalue weighted by Crippen LogP contribution is -2.30. The smallest absolute Gasteiger partial charge is 0.0798 e. The fourth-order valence-corrected chi connectivity index (χ4v) is 3.32. The van der Waals surface area contributed by atoms with E-state index in [0.717, 1.165) is 12.8 Å². The number of aliphatic hydroxyl groups is 1. The van der Waals surface area contributed by atoms with Crippen molar-refractivity contribution >= 4 is 0 Å². The molecule has 2 rings (SSSR count). The van der Waals surface area contributed by atoms with Crippen molar-refractivity contribution in [3.05, 3.63) is 47.0 Å². The Morgan fingerprint density at radius 2 is 1.89 bits per heavy atom. The number of allylic oxidation sites excluding steroid dienone is 1. The summed E-state index contributed by atoms with van der Waals surface area (Å²) in [5.41, 5.74) is 4.04. The zero-order chi connectivity index (χ0) is 13.2. The van der Waals surface area contributed by atoms with E-state index in [0.29, 0.717) is 0 Å². The average molecular weight is 244 g/mol. The number of benzene rings is 1. The van der Waals surface area contributed by atoms with Gasteiger partial charge >= 0.3 is 0 Å². The van der Waals surface area contributed by atoms with Crippen LogP contribution in [0.2, 0.25) is 0 Å². The molecule has 0 aromatic heterocycles. The Hall–Kier alpha value is -1.08. The van der Waals surface area contributed by atoms with Crippen molar-refractivity contribution in [2.24, 2.45) is 5.41 Å². The highest BCUT2D eigenvalue weighted by Crippen LogP contribution is 2.42. The molecule has 1 atom stereocenters. The second kappa shape index (κ2) is 5.27. The fraction of sp³-hybridized carbons (Fsp3) is 0.529. The van der Waals surface area contributed by atoms with Gasteiger partial charge in [-0.25, -0.2) is 0 Å². The van der Waals surface area contributed by atoms with Gasteiger partial charge in [0.05, 0.1) is 6.10 Å². The molecule has 0 aliphatic heterocycles. The molecule has 0 saturated heterocycles. The molecule has 0 radical (unpaired) electrons. The van der Waals surface area contributed by atoms with Gasteiger partial charge in [-0.2, -0.15) is 0 Å². The van der Waals surface area contributed by atoms with Crippen LogP contribution in [-0.2, 0) is 6.42 Å². The van der Waals surface area contributed by atoms with Crippen LogP contribution in [0, 0.1) is 5.41 Å². The standard InChI is InChI=1S/C17H24O/c1-13-8-7-11-17(2,3)16(13)15(18)12-14-9-5-4-6-10-14/h4-6,9-10,15,18H,7-8,11-12H2,1-3H3. The lowest BCUT2D eigenvalue weighted by Gasteiger charge is -2.37. The van der Waals surface area contributed by atoms with Crippen LogP contribution in [0.1, 0.15) is 45.6 Å². The summed E-state index contributed by atoms with van der Waals surface area (Å²) < 4.78 is 0. The maximum atomic E-state index is 10.6. The van der Waals surface area contributed by atoms with E-state index in [-0.39, 0.29) is 11.5 Å². The largest absolute Gasteiger partial charge is 0.388 e. The quantitative estimate of drug-likeness (QED) is 0.793. The van der Waals surface area contributed by atoms with Gasteiger partial charge in [0.25, 0.3) is 0 Å². The van der Waals surface area contributed by atoms with Gasteiger partial charge in [0.1, 0.15) is 0 Å². The number of hydrogen-bond acceptors (Lipinski definition) is 1. The number of aliphatic hydroxyl groups excluding tert-OH is 1. The first-order valence-electron chi connectivity index (χ1n) is 6.93. The zero-order valence-electron chi connectivity index (χ0n) is 11.7. The van der Waals surface area contributed by atoms with Crippen molar-refractivity contribution in [1.29, 1.82) is 0 Å². The topological polar surface area (TPSA) is 20.2 Å². The van der Waals surface area contributed by atoms with Gasteiger partial charge in [-0.15, -0.1) is 0 Å². The first-order chi connectivity index (χ1) is 8.50. The van der Waals surface area contributed by atoms with Gasteiger partial charge in [0.2, 0.25) is 0 Å². The summed E-state index contributed by atoms with van der Waals surface area (Å²) in [6, 6.07) is 10.3. The molecular weight excluding hydrogens is 220 g/mol. The molecule has 0 heterocycles. The van der Waals surface area contributed by atoms with Crippen LogP contribution < -0.4 is 0 Å². The van der Waals surface area contributed by atoms with Crippen molar-refractivity contribution in [3.8, 4) is 0 Å². The van der Waals surface area contributed by atoms with E-state index in [4.69, 9.17) is 0 Å². The molecule has 1 unspecified atom stereocenters. The molecule has 0 saturated carbocycles. The molecule has 1 N–H and O–H groups in total. The minimum atomic E-state index is -0.331. The second-order valence-electron chi connectivity index (χ2n) is 6.14. The molecule has 1 nitrogen and oxygen atoms in total. The first kappa shape index (κ1) is 13.4. The molecule has 1 aliphatic rings. The van der Waals surface area contributed by atoms with E-state index in [1.807, 2.05) is 18.2 Å². The van der Waals surface area contributed by atoms with Gasteiger partial charge in [-0.05, 0) is 42.7 Å². The summed E-state index contributed by atoms with van der Waals surface area (Å²) in [5, 5.41) is 10.6. The SMILES string of the molecule is CC1=C(C(O)Cc2ccccc2)C(C)(C)CCC1. The van der Waals surface area contributed by atoms with Gasteiger partial charge < -0.3 is 5.11 Å². The third-order valence-electron chi connectivity index (χ3n) is 4.15. The fourth-order valence-electron chi connectivity index (χ4n) is 3.32. The minimum Gasteiger partial charge on any atom is -0.388 e. The van der Waals surface area contributed by atoms with E-state index >= 15 is 0 Å². The van der Waals surface area contributed by atoms with Gasteiger partial charge in [0.15, 0.2) is 0 Å². The Morgan fingerprint density at radius 3 is 2.50 bits per heavy atom. The van der Waals surface area contributed by atoms with Crippen molar-refractivity contribution in [2.75, 3.05) is 0 Å². The van der Waals surface area contributed by atoms with Gasteiger partial charge in [-0.1, -0.05) is 49.8 Å². The first-order valence-corrected chi connectivity index (χ1v) is 6.93. The molecule has 0 bridgehead atoms. The van der Waals surface area contributed by atoms with Gasteiger partial charge in [0, 0.05) is 6.42 Å². The highest BCUT2D eigenvalue weighted by molar-refractivity contribution is 5.28. The minimum absolute atomic E-state index is 0.149. The average Bonchev–Trinajstić information content (AvgIpc) is 2.28. The van der Waals surface area contributed by atoms with Crippen LogP contribution in [0.15, 0.2) is 41.5 Å². The molecule has 0 spiro atoms. The monoisotopic (exact) mass is 244 g/mol. The Morgan fingerprint density at radius 1 is 1.22 bits per heavy atom. The third-order valence-corrected chi connectivity index (χ3v) is 4.15. The van der Waals surface area contributed by atoms with Gasteiger partial charge in [-0.3, -0.25) is 0 Å². The van der Waals surface area contributed by atoms with E-state index in [1.54, 1.807) is 0 Å². The molecule has 1 aliphatic carbocycles. The van der Waals surface area contributed by atoms with Crippen molar-refractivity contribution < 1.29 is 5.11 Å². The highest BCUT2D eigenvalue weighted by atomic mass is 16.3. The van der Waals surface area contributed by atoms with Crippen LogP contribution in [0.4, 0.5) is 0 Å². The number of rotatable bonds is 3. The predicted molar refractivity (Wildman–Crippen MR) is 76.5 cm³/mol. The van der Waals surface area contributed by atoms with Crippen LogP contribution >= 0.6 is 0 Å². The Balaban J connectivity index is 2.20. The third kappa shape index (κ3) is 2.84. The molecule has 98 valence electrons. The second-order valence-corrected chi connectivity index (χ2v) is 6.14. The molecule has 1 heteroatoms. The van der Waals surface area contributed by atoms with Crippen molar-refractivity contribution in [1.82, 2.24) is 0 Å². The van der Waals surface area contributed by atoms with Crippen molar-refractivity contribution in [2.45, 2.75) is 52.6 Å². The molecule has 18 heavy (non-hydrogen) atoms. The summed E-state index contributed by atoms with van der Waals surface area (Å²) in [6.45, 7) is 6.71. The Bertz CT molecular complexity index is 428. The normalized spacial score (nSPS) is 20.9. The zero-order valence-corrected chi connectivity index (χ0v) is 11.7. The summed E-state index contributed by atoms with van der Waals surface area (Å²) in [6.07, 6.45) is 3.98. The molecule has 0 fully saturated rings. The van der Waals surface area contributed by atoms with Crippen LogP contribution in [0.5, 0.6) is 0 Å². The maximum absolute atomic E-state index is 10.6. The highest BCUT2D eigenvalue weighted by Gasteiger charge is 2.32. The summed E-state index contributed by atoms with van der Waals surface area (Å²) in [7, 11) is 0. The van der Waals surface area contributed by atoms with Crippen molar-refractivity contribution in [3.63, 3.8) is 0 Å². The Kier molecular flexibility index (Phi) is 3.91. The molecular formula is C17H24O. The maximum Gasteiger partial charge on any atom is 0.0798 e. The summed E-state index contributed by atoms with van der Waals surface area (Å²) in [5.74, 6) is 0. The predicted octanol–water partition coefficient (Wildman–Crippen LogP) is 4.12. The van der Waals surface area contributed by atoms with Crippen LogP contribution in [0.25, 0.3) is 0 Å². The lowest BCUT2D eigenvalue weighted by atomic mass is 9.70. The van der Waals surface area contributed by atoms with Crippen LogP contribution in [0.3, 0.4) is 0 Å². The molecule has 1 aromatic carbocycles.